The highest BCUT2D eigenvalue weighted by Crippen LogP contribution is 2.76. The van der Waals surface area contributed by atoms with Crippen molar-refractivity contribution in [2.24, 2.45) is 45.3 Å². The molecule has 0 aromatic carbocycles. The smallest absolute Gasteiger partial charge is 0.187 e. The molecular formula is C48H82O19. The van der Waals surface area contributed by atoms with Crippen molar-refractivity contribution in [2.75, 3.05) is 19.8 Å². The average molecular weight is 963 g/mol. The van der Waals surface area contributed by atoms with E-state index in [1.54, 1.807) is 0 Å². The van der Waals surface area contributed by atoms with E-state index in [0.717, 1.165) is 5.57 Å². The minimum absolute atomic E-state index is 0.0841. The van der Waals surface area contributed by atoms with Crippen LogP contribution in [-0.2, 0) is 28.4 Å². The zero-order valence-electron chi connectivity index (χ0n) is 40.3. The van der Waals surface area contributed by atoms with Crippen LogP contribution in [0.25, 0.3) is 0 Å². The summed E-state index contributed by atoms with van der Waals surface area (Å²) in [6, 6.07) is 0. The Morgan fingerprint density at radius 1 is 0.642 bits per heavy atom. The van der Waals surface area contributed by atoms with E-state index in [0.29, 0.717) is 51.4 Å². The maximum Gasteiger partial charge on any atom is 0.187 e. The van der Waals surface area contributed by atoms with Crippen molar-refractivity contribution in [1.82, 2.24) is 0 Å². The van der Waals surface area contributed by atoms with Crippen LogP contribution in [0.15, 0.2) is 11.6 Å². The average Bonchev–Trinajstić information content (AvgIpc) is 3.66. The largest absolute Gasteiger partial charge is 0.394 e. The van der Waals surface area contributed by atoms with E-state index in [1.807, 2.05) is 34.6 Å². The molecule has 19 nitrogen and oxygen atoms in total. The number of allylic oxidation sites excluding steroid dienone is 2. The molecule has 0 spiro atoms. The molecule has 0 amide bonds. The predicted octanol–water partition coefficient (Wildman–Crippen LogP) is -1.06. The maximum absolute atomic E-state index is 12.7. The number of aliphatic hydroxyl groups excluding tert-OH is 13. The van der Waals surface area contributed by atoms with E-state index in [1.165, 1.54) is 0 Å². The second-order valence-corrected chi connectivity index (χ2v) is 23.1. The van der Waals surface area contributed by atoms with Gasteiger partial charge in [-0.15, -0.1) is 0 Å². The maximum atomic E-state index is 12.7. The number of hydrogen-bond acceptors (Lipinski definition) is 19. The molecule has 13 N–H and O–H groups in total. The Kier molecular flexibility index (Phi) is 15.9. The van der Waals surface area contributed by atoms with Crippen LogP contribution in [0.1, 0.15) is 107 Å². The van der Waals surface area contributed by atoms with Crippen molar-refractivity contribution >= 4 is 0 Å². The van der Waals surface area contributed by atoms with Crippen molar-refractivity contribution in [3.8, 4) is 0 Å². The lowest BCUT2D eigenvalue weighted by molar-refractivity contribution is -0.374. The summed E-state index contributed by atoms with van der Waals surface area (Å²) in [4.78, 5) is 0. The zero-order chi connectivity index (χ0) is 49.5. The highest BCUT2D eigenvalue weighted by Gasteiger charge is 2.74. The minimum Gasteiger partial charge on any atom is -0.394 e. The molecule has 4 aliphatic carbocycles. The summed E-state index contributed by atoms with van der Waals surface area (Å²) < 4.78 is 37.3. The van der Waals surface area contributed by atoms with Gasteiger partial charge in [0.1, 0.15) is 73.2 Å². The quantitative estimate of drug-likeness (QED) is 0.0773. The van der Waals surface area contributed by atoms with E-state index < -0.39 is 158 Å². The second kappa shape index (κ2) is 19.8. The van der Waals surface area contributed by atoms with Crippen molar-refractivity contribution in [2.45, 2.75) is 223 Å². The number of aliphatic hydroxyl groups is 13. The van der Waals surface area contributed by atoms with Gasteiger partial charge in [0, 0.05) is 0 Å². The monoisotopic (exact) mass is 963 g/mol. The summed E-state index contributed by atoms with van der Waals surface area (Å²) in [5.41, 5.74) is -2.41. The Hall–Kier alpha value is -1.02. The van der Waals surface area contributed by atoms with Crippen LogP contribution in [0.4, 0.5) is 0 Å². The fourth-order valence-corrected chi connectivity index (χ4v) is 14.9. The third-order valence-electron chi connectivity index (χ3n) is 18.7. The molecule has 26 atom stereocenters. The lowest BCUT2D eigenvalue weighted by Gasteiger charge is -2.72. The molecule has 7 fully saturated rings. The van der Waals surface area contributed by atoms with Gasteiger partial charge in [0.15, 0.2) is 18.9 Å². The molecule has 7 rings (SSSR count). The Bertz CT molecular complexity index is 1710. The predicted molar refractivity (Wildman–Crippen MR) is 235 cm³/mol. The van der Waals surface area contributed by atoms with Gasteiger partial charge in [-0.2, -0.15) is 0 Å². The first-order chi connectivity index (χ1) is 31.3. The number of ether oxygens (including phenoxy) is 6. The standard InChI is InChI=1S/C48H82O19/c1-21(2)10-9-13-48(8,67-43-37(60)34(57)32(55)26(19-50)64-43)22-11-15-46(6)30(22)23(52)16-28-45(5)14-12-29(53)44(3,4)40(45)24(17-47(28,46)7)62-41-38(61)35(58)39(27(20-51)65-41)66-42-36(59)33(56)31(54)25(18-49)63-42/h10,22-43,49-61H,9,11-20H2,1-8H3/t22-,23+,24-,25+,26+,27+,28+,29-,30-,31+,32+,33-,34-,35+,36+,37+,38+,39+,40?,41+,42-,43-,45+,46+,47+,48-/m0/s1. The van der Waals surface area contributed by atoms with Gasteiger partial charge in [-0.1, -0.05) is 46.3 Å². The SMILES string of the molecule is CC(C)=CCC[C@](C)(O[C@@H]1O[C@H](CO)[C@@H](O)[C@H](O)[C@H]1O)[C@H]1CC[C@]2(C)[C@@H]1[C@H](O)C[C@@H]1[C@@]3(C)CC[C@H](O)C(C)(C)C3[C@@H](O[C@@H]3O[C@H](CO)[C@@H](O[C@@H]4O[C@H](CO)[C@@H](O)[C@H](O)[C@H]4O)[C@H](O)[C@H]3O)C[C@]12C. The Labute approximate surface area is 393 Å². The summed E-state index contributed by atoms with van der Waals surface area (Å²) in [5.74, 6) is -1.11. The van der Waals surface area contributed by atoms with Crippen LogP contribution in [0.3, 0.4) is 0 Å². The van der Waals surface area contributed by atoms with Gasteiger partial charge < -0.3 is 94.8 Å². The second-order valence-electron chi connectivity index (χ2n) is 23.1. The number of fused-ring (bicyclic) bond motifs is 5. The van der Waals surface area contributed by atoms with Crippen LogP contribution < -0.4 is 0 Å². The minimum atomic E-state index is -1.83. The molecule has 3 heterocycles. The first kappa shape index (κ1) is 53.8. The van der Waals surface area contributed by atoms with Gasteiger partial charge in [-0.3, -0.25) is 0 Å². The van der Waals surface area contributed by atoms with E-state index >= 15 is 0 Å². The van der Waals surface area contributed by atoms with Gasteiger partial charge in [0.05, 0.1) is 43.7 Å². The molecule has 0 aromatic rings. The van der Waals surface area contributed by atoms with E-state index in [9.17, 15) is 66.4 Å². The van der Waals surface area contributed by atoms with Gasteiger partial charge in [0.2, 0.25) is 0 Å². The van der Waals surface area contributed by atoms with E-state index in [4.69, 9.17) is 28.4 Å². The molecule has 0 radical (unpaired) electrons. The lowest BCUT2D eigenvalue weighted by atomic mass is 9.34. The third-order valence-corrected chi connectivity index (χ3v) is 18.7. The molecule has 3 aliphatic heterocycles. The summed E-state index contributed by atoms with van der Waals surface area (Å²) in [6.45, 7) is 14.5. The van der Waals surface area contributed by atoms with E-state index in [-0.39, 0.29) is 23.7 Å². The molecular weight excluding hydrogens is 881 g/mol. The molecule has 4 saturated carbocycles. The molecule has 388 valence electrons. The fourth-order valence-electron chi connectivity index (χ4n) is 14.9. The number of hydrogen-bond donors (Lipinski definition) is 13. The molecule has 19 heteroatoms. The molecule has 0 bridgehead atoms. The molecule has 0 aromatic heterocycles. The van der Waals surface area contributed by atoms with Crippen LogP contribution in [-0.4, -0.2) is 202 Å². The zero-order valence-corrected chi connectivity index (χ0v) is 40.3. The molecule has 3 saturated heterocycles. The van der Waals surface area contributed by atoms with Crippen molar-refractivity contribution in [3.05, 3.63) is 11.6 Å². The molecule has 1 unspecified atom stereocenters. The normalized spacial score (nSPS) is 52.9. The van der Waals surface area contributed by atoms with Crippen molar-refractivity contribution in [3.63, 3.8) is 0 Å². The third kappa shape index (κ3) is 9.03. The molecule has 7 aliphatic rings. The van der Waals surface area contributed by atoms with Crippen LogP contribution in [0, 0.1) is 45.3 Å². The van der Waals surface area contributed by atoms with Gasteiger partial charge >= 0.3 is 0 Å². The first-order valence-corrected chi connectivity index (χ1v) is 24.5. The van der Waals surface area contributed by atoms with Gasteiger partial charge in [-0.05, 0) is 117 Å². The van der Waals surface area contributed by atoms with Crippen LogP contribution in [0.2, 0.25) is 0 Å². The number of rotatable bonds is 13. The van der Waals surface area contributed by atoms with Gasteiger partial charge in [0.25, 0.3) is 0 Å². The topological polar surface area (TPSA) is 318 Å². The highest BCUT2D eigenvalue weighted by atomic mass is 16.7. The highest BCUT2D eigenvalue weighted by molar-refractivity contribution is 5.22. The summed E-state index contributed by atoms with van der Waals surface area (Å²) in [7, 11) is 0. The Balaban J connectivity index is 1.21. The Morgan fingerprint density at radius 2 is 1.18 bits per heavy atom. The lowest BCUT2D eigenvalue weighted by Crippen LogP contribution is -2.71. The van der Waals surface area contributed by atoms with Crippen LogP contribution in [0.5, 0.6) is 0 Å². The first-order valence-electron chi connectivity index (χ1n) is 24.5. The fraction of sp³-hybridized carbons (Fsp3) is 0.958. The summed E-state index contributed by atoms with van der Waals surface area (Å²) >= 11 is 0. The Morgan fingerprint density at radius 3 is 1.76 bits per heavy atom. The molecule has 67 heavy (non-hydrogen) atoms. The van der Waals surface area contributed by atoms with Gasteiger partial charge in [-0.25, -0.2) is 0 Å². The summed E-state index contributed by atoms with van der Waals surface area (Å²) in [5, 5.41) is 142. The van der Waals surface area contributed by atoms with E-state index in [2.05, 4.69) is 26.8 Å². The van der Waals surface area contributed by atoms with Crippen molar-refractivity contribution in [1.29, 1.82) is 0 Å². The summed E-state index contributed by atoms with van der Waals surface area (Å²) in [6.07, 6.45) is -19.6. The van der Waals surface area contributed by atoms with Crippen LogP contribution >= 0.6 is 0 Å². The van der Waals surface area contributed by atoms with Crippen molar-refractivity contribution < 1.29 is 94.8 Å².